The van der Waals surface area contributed by atoms with Gasteiger partial charge in [0.1, 0.15) is 0 Å². The van der Waals surface area contributed by atoms with Gasteiger partial charge < -0.3 is 0 Å². The van der Waals surface area contributed by atoms with E-state index in [0.717, 1.165) is 0 Å². The Morgan fingerprint density at radius 2 is 1.56 bits per heavy atom. The predicted octanol–water partition coefficient (Wildman–Crippen LogP) is 0.947. The topological polar surface area (TPSA) is 68.3 Å². The Labute approximate surface area is 95.2 Å². The van der Waals surface area contributed by atoms with Crippen LogP contribution in [-0.4, -0.2) is 28.3 Å². The third-order valence-electron chi connectivity index (χ3n) is 2.54. The quantitative estimate of drug-likeness (QED) is 0.650. The van der Waals surface area contributed by atoms with Crippen LogP contribution in [0.25, 0.3) is 0 Å². The smallest absolute Gasteiger partial charge is 0.189 e. The lowest BCUT2D eigenvalue weighted by molar-refractivity contribution is 0.586. The zero-order valence-electron chi connectivity index (χ0n) is 8.59. The van der Waals surface area contributed by atoms with Crippen molar-refractivity contribution in [2.24, 2.45) is 0 Å². The molecule has 6 heteroatoms. The van der Waals surface area contributed by atoms with E-state index in [2.05, 4.69) is 0 Å². The number of sulfone groups is 2. The molecule has 4 nitrogen and oxygen atoms in total. The molecule has 0 N–H and O–H groups in total. The van der Waals surface area contributed by atoms with Crippen LogP contribution >= 0.6 is 0 Å². The van der Waals surface area contributed by atoms with Crippen molar-refractivity contribution in [3.8, 4) is 0 Å². The van der Waals surface area contributed by atoms with Crippen molar-refractivity contribution in [3.63, 3.8) is 0 Å². The summed E-state index contributed by atoms with van der Waals surface area (Å²) in [6.45, 7) is 0. The van der Waals surface area contributed by atoms with Crippen LogP contribution in [0, 0.1) is 0 Å². The minimum absolute atomic E-state index is 0.0668. The minimum Gasteiger partial charge on any atom is -0.223 e. The van der Waals surface area contributed by atoms with E-state index in [4.69, 9.17) is 0 Å². The van der Waals surface area contributed by atoms with E-state index in [1.807, 2.05) is 0 Å². The molecule has 1 aliphatic carbocycles. The molecular formula is C10H12O4S2. The van der Waals surface area contributed by atoms with Gasteiger partial charge in [0.2, 0.25) is 0 Å². The summed E-state index contributed by atoms with van der Waals surface area (Å²) in [5.41, 5.74) is 0.391. The Bertz CT molecular complexity index is 553. The average Bonchev–Trinajstić information content (AvgIpc) is 2.16. The molecule has 2 aliphatic rings. The number of hydrogen-bond acceptors (Lipinski definition) is 4. The van der Waals surface area contributed by atoms with Crippen LogP contribution in [-0.2, 0) is 19.7 Å². The molecule has 0 aromatic carbocycles. The van der Waals surface area contributed by atoms with E-state index in [-0.39, 0.29) is 22.2 Å². The third-order valence-corrected chi connectivity index (χ3v) is 7.37. The Morgan fingerprint density at radius 1 is 0.938 bits per heavy atom. The largest absolute Gasteiger partial charge is 0.223 e. The van der Waals surface area contributed by atoms with Gasteiger partial charge >= 0.3 is 0 Å². The molecule has 0 amide bonds. The molecule has 1 saturated heterocycles. The van der Waals surface area contributed by atoms with Gasteiger partial charge in [-0.2, -0.15) is 0 Å². The molecule has 1 aliphatic heterocycles. The van der Waals surface area contributed by atoms with E-state index < -0.39 is 19.7 Å². The molecule has 0 aromatic heterocycles. The van der Waals surface area contributed by atoms with Gasteiger partial charge in [0.05, 0.1) is 11.5 Å². The predicted molar refractivity (Wildman–Crippen MR) is 62.1 cm³/mol. The van der Waals surface area contributed by atoms with Gasteiger partial charge in [-0.15, -0.1) is 0 Å². The Kier molecular flexibility index (Phi) is 2.79. The summed E-state index contributed by atoms with van der Waals surface area (Å²) >= 11 is 0. The first-order valence-corrected chi connectivity index (χ1v) is 8.26. The molecule has 0 bridgehead atoms. The number of hydrogen-bond donors (Lipinski definition) is 0. The van der Waals surface area contributed by atoms with Crippen LogP contribution in [0.4, 0.5) is 0 Å². The molecule has 16 heavy (non-hydrogen) atoms. The van der Waals surface area contributed by atoms with Crippen LogP contribution in [0.2, 0.25) is 0 Å². The SMILES string of the molecule is O=S1(=O)CCCS(=O)(=O)C1=C1C=CC=CC1. The fourth-order valence-electron chi connectivity index (χ4n) is 1.88. The lowest BCUT2D eigenvalue weighted by atomic mass is 10.1. The van der Waals surface area contributed by atoms with Crippen molar-refractivity contribution in [2.45, 2.75) is 12.8 Å². The van der Waals surface area contributed by atoms with Crippen LogP contribution in [0.3, 0.4) is 0 Å². The van der Waals surface area contributed by atoms with E-state index in [1.165, 1.54) is 0 Å². The molecular weight excluding hydrogens is 248 g/mol. The first-order chi connectivity index (χ1) is 7.43. The summed E-state index contributed by atoms with van der Waals surface area (Å²) in [5, 5.41) is 0. The highest BCUT2D eigenvalue weighted by molar-refractivity contribution is 8.15. The van der Waals surface area contributed by atoms with Crippen LogP contribution in [0.5, 0.6) is 0 Å². The molecule has 0 atom stereocenters. The van der Waals surface area contributed by atoms with Gasteiger partial charge in [-0.1, -0.05) is 24.3 Å². The molecule has 0 unspecified atom stereocenters. The van der Waals surface area contributed by atoms with E-state index >= 15 is 0 Å². The molecule has 2 rings (SSSR count). The van der Waals surface area contributed by atoms with Gasteiger partial charge in [-0.3, -0.25) is 0 Å². The molecule has 1 heterocycles. The number of rotatable bonds is 0. The van der Waals surface area contributed by atoms with Crippen molar-refractivity contribution >= 4 is 19.7 Å². The standard InChI is InChI=1S/C10H12O4S2/c11-15(12)7-4-8-16(13,14)10(15)9-5-2-1-3-6-9/h1-3,5H,4,6-8H2. The van der Waals surface area contributed by atoms with Crippen molar-refractivity contribution in [2.75, 3.05) is 11.5 Å². The van der Waals surface area contributed by atoms with Crippen molar-refractivity contribution in [1.82, 2.24) is 0 Å². The summed E-state index contributed by atoms with van der Waals surface area (Å²) in [4.78, 5) is 0. The monoisotopic (exact) mass is 260 g/mol. The zero-order valence-corrected chi connectivity index (χ0v) is 10.2. The first-order valence-electron chi connectivity index (χ1n) is 4.95. The Morgan fingerprint density at radius 3 is 2.06 bits per heavy atom. The highest BCUT2D eigenvalue weighted by Crippen LogP contribution is 2.30. The molecule has 1 fully saturated rings. The maximum Gasteiger partial charge on any atom is 0.189 e. The van der Waals surface area contributed by atoms with Gasteiger partial charge in [-0.25, -0.2) is 16.8 Å². The zero-order chi connectivity index (χ0) is 11.8. The number of allylic oxidation sites excluding steroid dienone is 5. The van der Waals surface area contributed by atoms with E-state index in [9.17, 15) is 16.8 Å². The Balaban J connectivity index is 2.67. The molecule has 0 aromatic rings. The summed E-state index contributed by atoms with van der Waals surface area (Å²) in [5.74, 6) is -0.134. The van der Waals surface area contributed by atoms with E-state index in [1.54, 1.807) is 24.3 Å². The van der Waals surface area contributed by atoms with Gasteiger partial charge in [0.15, 0.2) is 23.9 Å². The lowest BCUT2D eigenvalue weighted by Gasteiger charge is -2.18. The second kappa shape index (κ2) is 3.85. The highest BCUT2D eigenvalue weighted by Gasteiger charge is 2.36. The minimum atomic E-state index is -3.62. The van der Waals surface area contributed by atoms with Crippen molar-refractivity contribution < 1.29 is 16.8 Å². The van der Waals surface area contributed by atoms with Crippen molar-refractivity contribution in [3.05, 3.63) is 34.1 Å². The van der Waals surface area contributed by atoms with Gasteiger partial charge in [0.25, 0.3) is 0 Å². The highest BCUT2D eigenvalue weighted by atomic mass is 32.3. The second-order valence-electron chi connectivity index (χ2n) is 3.80. The summed E-state index contributed by atoms with van der Waals surface area (Å²) in [6.07, 6.45) is 7.31. The lowest BCUT2D eigenvalue weighted by Crippen LogP contribution is -2.28. The maximum absolute atomic E-state index is 11.8. The van der Waals surface area contributed by atoms with E-state index in [0.29, 0.717) is 12.0 Å². The fourth-order valence-corrected chi connectivity index (χ4v) is 6.63. The summed E-state index contributed by atoms with van der Waals surface area (Å²) in [6, 6.07) is 0. The first kappa shape index (κ1) is 11.6. The van der Waals surface area contributed by atoms with Crippen molar-refractivity contribution in [1.29, 1.82) is 0 Å². The molecule has 0 spiro atoms. The summed E-state index contributed by atoms with van der Waals surface area (Å²) in [7, 11) is -7.25. The fraction of sp³-hybridized carbons (Fsp3) is 0.400. The van der Waals surface area contributed by atoms with Crippen LogP contribution in [0.15, 0.2) is 34.1 Å². The maximum atomic E-state index is 11.8. The molecule has 88 valence electrons. The average molecular weight is 260 g/mol. The summed E-state index contributed by atoms with van der Waals surface area (Å²) < 4.78 is 46.9. The van der Waals surface area contributed by atoms with Gasteiger partial charge in [0, 0.05) is 0 Å². The van der Waals surface area contributed by atoms with Crippen LogP contribution < -0.4 is 0 Å². The third kappa shape index (κ3) is 1.99. The van der Waals surface area contributed by atoms with Crippen LogP contribution in [0.1, 0.15) is 12.8 Å². The normalized spacial score (nSPS) is 27.0. The molecule has 0 saturated carbocycles. The van der Waals surface area contributed by atoms with Gasteiger partial charge in [-0.05, 0) is 18.4 Å². The molecule has 0 radical (unpaired) electrons. The second-order valence-corrected chi connectivity index (χ2v) is 8.15. The Hall–Kier alpha value is -0.880.